The first kappa shape index (κ1) is 22.0. The Hall–Kier alpha value is -2.23. The van der Waals surface area contributed by atoms with Crippen molar-refractivity contribution in [3.05, 3.63) is 46.5 Å². The Morgan fingerprint density at radius 1 is 1.19 bits per heavy atom. The fourth-order valence-electron chi connectivity index (χ4n) is 3.82. The van der Waals surface area contributed by atoms with E-state index in [4.69, 9.17) is 0 Å². The maximum absolute atomic E-state index is 12.7. The van der Waals surface area contributed by atoms with Gasteiger partial charge < -0.3 is 5.32 Å². The lowest BCUT2D eigenvalue weighted by atomic mass is 10.2. The van der Waals surface area contributed by atoms with E-state index in [1.54, 1.807) is 24.3 Å². The van der Waals surface area contributed by atoms with Gasteiger partial charge in [0.1, 0.15) is 4.83 Å². The van der Waals surface area contributed by atoms with E-state index < -0.39 is 10.0 Å². The molecule has 1 saturated heterocycles. The molecule has 3 aromatic rings. The molecule has 1 aliphatic heterocycles. The van der Waals surface area contributed by atoms with Gasteiger partial charge in [0, 0.05) is 31.6 Å². The summed E-state index contributed by atoms with van der Waals surface area (Å²) in [5.74, 6) is 0.338. The Morgan fingerprint density at radius 3 is 2.52 bits per heavy atom. The maximum Gasteiger partial charge on any atom is 0.261 e. The molecule has 31 heavy (non-hydrogen) atoms. The normalized spacial score (nSPS) is 15.2. The number of hydrogen-bond acceptors (Lipinski definition) is 5. The minimum Gasteiger partial charge on any atom is -0.347 e. The summed E-state index contributed by atoms with van der Waals surface area (Å²) in [5.41, 5.74) is 1.79. The average Bonchev–Trinajstić information content (AvgIpc) is 3.46. The van der Waals surface area contributed by atoms with Gasteiger partial charge in [-0.2, -0.15) is 9.40 Å². The number of aryl methyl sites for hydroxylation is 1. The Labute approximate surface area is 187 Å². The minimum absolute atomic E-state index is 0.134. The Kier molecular flexibility index (Phi) is 6.18. The van der Waals surface area contributed by atoms with Crippen LogP contribution in [0.5, 0.6) is 0 Å². The molecule has 1 fully saturated rings. The lowest BCUT2D eigenvalue weighted by Crippen LogP contribution is -2.27. The third-order valence-corrected chi connectivity index (χ3v) is 8.51. The van der Waals surface area contributed by atoms with Crippen LogP contribution in [0.15, 0.2) is 35.2 Å². The van der Waals surface area contributed by atoms with E-state index in [-0.39, 0.29) is 5.91 Å². The molecular formula is C22H28N4O3S2. The number of nitrogens with zero attached hydrogens (tertiary/aromatic N) is 3. The van der Waals surface area contributed by atoms with Gasteiger partial charge in [-0.25, -0.2) is 8.42 Å². The Balaban J connectivity index is 1.43. The van der Waals surface area contributed by atoms with Crippen LogP contribution in [0.2, 0.25) is 0 Å². The number of aromatic nitrogens is 2. The molecule has 0 aliphatic carbocycles. The minimum atomic E-state index is -3.42. The zero-order valence-electron chi connectivity index (χ0n) is 18.1. The van der Waals surface area contributed by atoms with E-state index in [9.17, 15) is 13.2 Å². The highest BCUT2D eigenvalue weighted by Crippen LogP contribution is 2.29. The number of carbonyl (C=O) groups is 1. The Morgan fingerprint density at radius 2 is 1.87 bits per heavy atom. The lowest BCUT2D eigenvalue weighted by molar-refractivity contribution is 0.0955. The van der Waals surface area contributed by atoms with Gasteiger partial charge in [0.05, 0.1) is 15.5 Å². The van der Waals surface area contributed by atoms with E-state index in [0.29, 0.717) is 35.3 Å². The highest BCUT2D eigenvalue weighted by Gasteiger charge is 2.27. The van der Waals surface area contributed by atoms with Crippen molar-refractivity contribution in [3.63, 3.8) is 0 Å². The first-order valence-corrected chi connectivity index (χ1v) is 12.9. The molecule has 2 aromatic heterocycles. The quantitative estimate of drug-likeness (QED) is 0.582. The first-order chi connectivity index (χ1) is 14.8. The van der Waals surface area contributed by atoms with Crippen LogP contribution < -0.4 is 5.32 Å². The molecule has 7 nitrogen and oxygen atoms in total. The van der Waals surface area contributed by atoms with Crippen LogP contribution in [0, 0.1) is 12.8 Å². The molecular weight excluding hydrogens is 432 g/mol. The van der Waals surface area contributed by atoms with Crippen molar-refractivity contribution < 1.29 is 13.2 Å². The molecule has 1 amide bonds. The number of thiophene rings is 1. The molecule has 1 N–H and O–H groups in total. The molecule has 166 valence electrons. The van der Waals surface area contributed by atoms with E-state index in [1.807, 2.05) is 17.7 Å². The van der Waals surface area contributed by atoms with Crippen molar-refractivity contribution in [3.8, 4) is 0 Å². The first-order valence-electron chi connectivity index (χ1n) is 10.6. The third kappa shape index (κ3) is 4.53. The summed E-state index contributed by atoms with van der Waals surface area (Å²) in [5, 5.41) is 8.54. The number of nitrogens with one attached hydrogen (secondary N) is 1. The number of rotatable bonds is 7. The van der Waals surface area contributed by atoms with Gasteiger partial charge in [-0.1, -0.05) is 26.0 Å². The van der Waals surface area contributed by atoms with Crippen molar-refractivity contribution in [2.24, 2.45) is 5.92 Å². The molecule has 0 spiro atoms. The number of hydrogen-bond donors (Lipinski definition) is 1. The van der Waals surface area contributed by atoms with Crippen LogP contribution in [0.1, 0.15) is 47.6 Å². The lowest BCUT2D eigenvalue weighted by Gasteiger charge is -2.15. The molecule has 0 saturated carbocycles. The maximum atomic E-state index is 12.7. The van der Waals surface area contributed by atoms with Crippen molar-refractivity contribution >= 4 is 37.5 Å². The van der Waals surface area contributed by atoms with E-state index in [1.165, 1.54) is 15.6 Å². The van der Waals surface area contributed by atoms with E-state index in [0.717, 1.165) is 40.9 Å². The standard InChI is InChI=1S/C22H28N4O3S2/c1-15(2)14-26-22-19(16(3)24-26)12-20(30-22)21(27)23-13-17-6-8-18(9-7-17)31(28,29)25-10-4-5-11-25/h6-9,12,15H,4-5,10-11,13-14H2,1-3H3,(H,23,27). The average molecular weight is 461 g/mol. The number of sulfonamides is 1. The van der Waals surface area contributed by atoms with Crippen LogP contribution in [-0.2, 0) is 23.1 Å². The second-order valence-corrected chi connectivity index (χ2v) is 11.4. The molecule has 1 aliphatic rings. The molecule has 0 bridgehead atoms. The van der Waals surface area contributed by atoms with Gasteiger partial charge in [-0.15, -0.1) is 11.3 Å². The van der Waals surface area contributed by atoms with Gasteiger partial charge in [0.2, 0.25) is 10.0 Å². The fraction of sp³-hybridized carbons (Fsp3) is 0.455. The number of fused-ring (bicyclic) bond motifs is 1. The highest BCUT2D eigenvalue weighted by atomic mass is 32.2. The predicted octanol–water partition coefficient (Wildman–Crippen LogP) is 3.78. The van der Waals surface area contributed by atoms with Crippen molar-refractivity contribution in [1.82, 2.24) is 19.4 Å². The second-order valence-electron chi connectivity index (χ2n) is 8.43. The largest absolute Gasteiger partial charge is 0.347 e. The monoisotopic (exact) mass is 460 g/mol. The number of benzene rings is 1. The number of amides is 1. The summed E-state index contributed by atoms with van der Waals surface area (Å²) in [6, 6.07) is 8.68. The van der Waals surface area contributed by atoms with Gasteiger partial charge in [0.25, 0.3) is 5.91 Å². The molecule has 9 heteroatoms. The van der Waals surface area contributed by atoms with Crippen LogP contribution in [0.3, 0.4) is 0 Å². The zero-order chi connectivity index (χ0) is 22.2. The highest BCUT2D eigenvalue weighted by molar-refractivity contribution is 7.89. The molecule has 0 unspecified atom stereocenters. The van der Waals surface area contributed by atoms with Crippen LogP contribution in [-0.4, -0.2) is 41.5 Å². The Bertz CT molecular complexity index is 1190. The summed E-state index contributed by atoms with van der Waals surface area (Å²) in [6.45, 7) is 8.59. The molecule has 3 heterocycles. The third-order valence-electron chi connectivity index (χ3n) is 5.45. The zero-order valence-corrected chi connectivity index (χ0v) is 19.7. The molecule has 4 rings (SSSR count). The number of carbonyl (C=O) groups excluding carboxylic acids is 1. The van der Waals surface area contributed by atoms with E-state index in [2.05, 4.69) is 24.3 Å². The van der Waals surface area contributed by atoms with Crippen LogP contribution >= 0.6 is 11.3 Å². The summed E-state index contributed by atoms with van der Waals surface area (Å²) in [7, 11) is -3.42. The van der Waals surface area contributed by atoms with Gasteiger partial charge >= 0.3 is 0 Å². The summed E-state index contributed by atoms with van der Waals surface area (Å²) >= 11 is 1.45. The molecule has 0 radical (unpaired) electrons. The summed E-state index contributed by atoms with van der Waals surface area (Å²) in [4.78, 5) is 14.7. The van der Waals surface area contributed by atoms with E-state index >= 15 is 0 Å². The van der Waals surface area contributed by atoms with Gasteiger partial charge in [0.15, 0.2) is 0 Å². The van der Waals surface area contributed by atoms with Gasteiger partial charge in [-0.05, 0) is 49.4 Å². The van der Waals surface area contributed by atoms with Crippen molar-refractivity contribution in [1.29, 1.82) is 0 Å². The SMILES string of the molecule is Cc1nn(CC(C)C)c2sc(C(=O)NCc3ccc(S(=O)(=O)N4CCCC4)cc3)cc12. The molecule has 0 atom stereocenters. The summed E-state index contributed by atoms with van der Waals surface area (Å²) in [6.07, 6.45) is 1.83. The summed E-state index contributed by atoms with van der Waals surface area (Å²) < 4.78 is 28.8. The topological polar surface area (TPSA) is 84.3 Å². The van der Waals surface area contributed by atoms with Crippen molar-refractivity contribution in [2.75, 3.05) is 13.1 Å². The molecule has 1 aromatic carbocycles. The van der Waals surface area contributed by atoms with Crippen molar-refractivity contribution in [2.45, 2.75) is 51.6 Å². The van der Waals surface area contributed by atoms with Gasteiger partial charge in [-0.3, -0.25) is 9.48 Å². The predicted molar refractivity (Wildman–Crippen MR) is 123 cm³/mol. The van der Waals surface area contributed by atoms with Crippen LogP contribution in [0.4, 0.5) is 0 Å². The fourth-order valence-corrected chi connectivity index (χ4v) is 6.42. The smallest absolute Gasteiger partial charge is 0.261 e. The second kappa shape index (κ2) is 8.72. The van der Waals surface area contributed by atoms with Crippen LogP contribution in [0.25, 0.3) is 10.2 Å².